The minimum Gasteiger partial charge on any atom is -0.367 e. The van der Waals surface area contributed by atoms with Gasteiger partial charge in [-0.1, -0.05) is 23.7 Å². The van der Waals surface area contributed by atoms with Gasteiger partial charge in [-0.3, -0.25) is 4.79 Å². The van der Waals surface area contributed by atoms with Gasteiger partial charge in [-0.15, -0.1) is 11.3 Å². The van der Waals surface area contributed by atoms with E-state index >= 15 is 0 Å². The number of rotatable bonds is 4. The number of nitrogens with zero attached hydrogens (tertiary/aromatic N) is 4. The molecule has 1 aromatic carbocycles. The zero-order chi connectivity index (χ0) is 17.9. The molecule has 1 fully saturated rings. The Morgan fingerprint density at radius 2 is 1.81 bits per heavy atom. The predicted molar refractivity (Wildman–Crippen MR) is 105 cm³/mol. The Labute approximate surface area is 161 Å². The van der Waals surface area contributed by atoms with Gasteiger partial charge in [-0.05, 0) is 24.3 Å². The average Bonchev–Trinajstić information content (AvgIpc) is 3.34. The van der Waals surface area contributed by atoms with Crippen molar-refractivity contribution in [2.45, 2.75) is 6.42 Å². The van der Waals surface area contributed by atoms with E-state index in [0.29, 0.717) is 19.5 Å². The average molecular weight is 387 g/mol. The van der Waals surface area contributed by atoms with Crippen LogP contribution in [0.5, 0.6) is 0 Å². The Morgan fingerprint density at radius 1 is 1.08 bits per heavy atom. The third kappa shape index (κ3) is 3.61. The van der Waals surface area contributed by atoms with Gasteiger partial charge in [0.2, 0.25) is 5.91 Å². The van der Waals surface area contributed by atoms with Gasteiger partial charge < -0.3 is 14.4 Å². The lowest BCUT2D eigenvalue weighted by Crippen LogP contribution is -2.49. The molecular formula is C19H19ClN4OS. The maximum Gasteiger partial charge on any atom is 0.228 e. The number of halogens is 1. The molecule has 3 heterocycles. The smallest absolute Gasteiger partial charge is 0.228 e. The number of hydrogen-bond acceptors (Lipinski definition) is 4. The fourth-order valence-electron chi connectivity index (χ4n) is 3.13. The third-order valence-corrected chi connectivity index (χ3v) is 5.75. The normalized spacial score (nSPS) is 14.7. The maximum absolute atomic E-state index is 12.6. The van der Waals surface area contributed by atoms with Crippen LogP contribution in [0.4, 0.5) is 5.69 Å². The molecule has 1 saturated heterocycles. The number of carbonyl (C=O) groups excluding carboxylic acids is 1. The minimum absolute atomic E-state index is 0.133. The van der Waals surface area contributed by atoms with Crippen LogP contribution < -0.4 is 4.90 Å². The third-order valence-electron chi connectivity index (χ3n) is 4.52. The number of amides is 1. The number of benzene rings is 1. The number of thiazole rings is 1. The molecular weight excluding hydrogens is 368 g/mol. The second kappa shape index (κ2) is 7.51. The van der Waals surface area contributed by atoms with Crippen LogP contribution in [0.3, 0.4) is 0 Å². The van der Waals surface area contributed by atoms with Crippen LogP contribution >= 0.6 is 22.9 Å². The van der Waals surface area contributed by atoms with Crippen molar-refractivity contribution in [1.29, 1.82) is 0 Å². The molecule has 1 amide bonds. The highest BCUT2D eigenvalue weighted by Gasteiger charge is 2.23. The van der Waals surface area contributed by atoms with Crippen LogP contribution in [-0.4, -0.2) is 46.5 Å². The molecule has 0 unspecified atom stereocenters. The SMILES string of the molecule is O=C(Cc1csc(-n2cccc2)n1)N1CCN(c2ccccc2Cl)CC1. The largest absolute Gasteiger partial charge is 0.367 e. The first kappa shape index (κ1) is 17.1. The summed E-state index contributed by atoms with van der Waals surface area (Å²) < 4.78 is 1.96. The van der Waals surface area contributed by atoms with Crippen molar-refractivity contribution in [3.63, 3.8) is 0 Å². The van der Waals surface area contributed by atoms with Crippen molar-refractivity contribution < 1.29 is 4.79 Å². The van der Waals surface area contributed by atoms with E-state index in [1.54, 1.807) is 11.3 Å². The highest BCUT2D eigenvalue weighted by atomic mass is 35.5. The van der Waals surface area contributed by atoms with Crippen LogP contribution in [0.1, 0.15) is 5.69 Å². The van der Waals surface area contributed by atoms with E-state index in [4.69, 9.17) is 11.6 Å². The lowest BCUT2D eigenvalue weighted by Gasteiger charge is -2.36. The van der Waals surface area contributed by atoms with E-state index in [9.17, 15) is 4.79 Å². The van der Waals surface area contributed by atoms with E-state index in [1.165, 1.54) is 0 Å². The Hall–Kier alpha value is -2.31. The summed E-state index contributed by atoms with van der Waals surface area (Å²) in [5.41, 5.74) is 1.87. The molecule has 2 aromatic heterocycles. The molecule has 26 heavy (non-hydrogen) atoms. The Bertz CT molecular complexity index is 885. The first-order chi connectivity index (χ1) is 12.7. The summed E-state index contributed by atoms with van der Waals surface area (Å²) in [5, 5.41) is 3.61. The number of aromatic nitrogens is 2. The summed E-state index contributed by atoms with van der Waals surface area (Å²) in [7, 11) is 0. The Balaban J connectivity index is 1.35. The molecule has 7 heteroatoms. The van der Waals surface area contributed by atoms with Crippen molar-refractivity contribution in [2.75, 3.05) is 31.1 Å². The molecule has 5 nitrogen and oxygen atoms in total. The molecule has 0 bridgehead atoms. The van der Waals surface area contributed by atoms with Gasteiger partial charge in [0.1, 0.15) is 0 Å². The van der Waals surface area contributed by atoms with Gasteiger partial charge in [0.15, 0.2) is 5.13 Å². The summed E-state index contributed by atoms with van der Waals surface area (Å²) in [6.45, 7) is 3.00. The van der Waals surface area contributed by atoms with Crippen LogP contribution in [0.25, 0.3) is 5.13 Å². The molecule has 4 rings (SSSR count). The first-order valence-corrected chi connectivity index (χ1v) is 9.81. The number of para-hydroxylation sites is 1. The summed E-state index contributed by atoms with van der Waals surface area (Å²) in [4.78, 5) is 21.3. The lowest BCUT2D eigenvalue weighted by atomic mass is 10.2. The van der Waals surface area contributed by atoms with Crippen LogP contribution in [-0.2, 0) is 11.2 Å². The van der Waals surface area contributed by atoms with Gasteiger partial charge in [-0.2, -0.15) is 0 Å². The van der Waals surface area contributed by atoms with Crippen LogP contribution in [0.2, 0.25) is 5.02 Å². The van der Waals surface area contributed by atoms with E-state index in [2.05, 4.69) is 9.88 Å². The number of anilines is 1. The van der Waals surface area contributed by atoms with E-state index in [-0.39, 0.29) is 5.91 Å². The monoisotopic (exact) mass is 386 g/mol. The van der Waals surface area contributed by atoms with Crippen molar-refractivity contribution >= 4 is 34.5 Å². The summed E-state index contributed by atoms with van der Waals surface area (Å²) >= 11 is 7.83. The fourth-order valence-corrected chi connectivity index (χ4v) is 4.18. The van der Waals surface area contributed by atoms with E-state index in [0.717, 1.165) is 34.6 Å². The van der Waals surface area contributed by atoms with E-state index in [1.807, 2.05) is 63.6 Å². The molecule has 0 saturated carbocycles. The molecule has 0 aliphatic carbocycles. The highest BCUT2D eigenvalue weighted by molar-refractivity contribution is 7.12. The molecule has 134 valence electrons. The summed E-state index contributed by atoms with van der Waals surface area (Å²) in [5.74, 6) is 0.133. The van der Waals surface area contributed by atoms with E-state index < -0.39 is 0 Å². The van der Waals surface area contributed by atoms with Gasteiger partial charge in [-0.25, -0.2) is 4.98 Å². The lowest BCUT2D eigenvalue weighted by molar-refractivity contribution is -0.130. The molecule has 0 radical (unpaired) electrons. The van der Waals surface area contributed by atoms with Crippen LogP contribution in [0.15, 0.2) is 54.2 Å². The quantitative estimate of drug-likeness (QED) is 0.689. The molecule has 3 aromatic rings. The number of hydrogen-bond donors (Lipinski definition) is 0. The van der Waals surface area contributed by atoms with Gasteiger partial charge in [0.05, 0.1) is 22.8 Å². The second-order valence-corrected chi connectivity index (χ2v) is 7.45. The van der Waals surface area contributed by atoms with Crippen molar-refractivity contribution in [1.82, 2.24) is 14.5 Å². The van der Waals surface area contributed by atoms with Gasteiger partial charge >= 0.3 is 0 Å². The molecule has 1 aliphatic heterocycles. The number of piperazine rings is 1. The minimum atomic E-state index is 0.133. The van der Waals surface area contributed by atoms with Crippen molar-refractivity contribution in [2.24, 2.45) is 0 Å². The Morgan fingerprint density at radius 3 is 2.54 bits per heavy atom. The van der Waals surface area contributed by atoms with Gasteiger partial charge in [0, 0.05) is 44.0 Å². The van der Waals surface area contributed by atoms with Crippen molar-refractivity contribution in [3.8, 4) is 5.13 Å². The predicted octanol–water partition coefficient (Wildman–Crippen LogP) is 3.48. The van der Waals surface area contributed by atoms with Crippen molar-refractivity contribution in [3.05, 3.63) is 64.9 Å². The summed E-state index contributed by atoms with van der Waals surface area (Å²) in [6.07, 6.45) is 4.26. The Kier molecular flexibility index (Phi) is 4.95. The zero-order valence-corrected chi connectivity index (χ0v) is 15.8. The summed E-state index contributed by atoms with van der Waals surface area (Å²) in [6, 6.07) is 11.8. The molecule has 0 atom stereocenters. The highest BCUT2D eigenvalue weighted by Crippen LogP contribution is 2.26. The van der Waals surface area contributed by atoms with Gasteiger partial charge in [0.25, 0.3) is 0 Å². The standard InChI is InChI=1S/C19H19ClN4OS/c20-16-5-1-2-6-17(16)22-9-11-23(12-10-22)18(25)13-15-14-26-19(21-15)24-7-3-4-8-24/h1-8,14H,9-13H2. The fraction of sp³-hybridized carbons (Fsp3) is 0.263. The van der Waals surface area contributed by atoms with Crippen LogP contribution in [0, 0.1) is 0 Å². The molecule has 1 aliphatic rings. The second-order valence-electron chi connectivity index (χ2n) is 6.21. The first-order valence-electron chi connectivity index (χ1n) is 8.56. The topological polar surface area (TPSA) is 41.4 Å². The zero-order valence-electron chi connectivity index (χ0n) is 14.2. The number of carbonyl (C=O) groups is 1. The molecule has 0 N–H and O–H groups in total. The molecule has 0 spiro atoms. The maximum atomic E-state index is 12.6.